The maximum absolute atomic E-state index is 12.5. The summed E-state index contributed by atoms with van der Waals surface area (Å²) >= 11 is 0. The van der Waals surface area contributed by atoms with Crippen molar-refractivity contribution in [3.05, 3.63) is 65.4 Å². The summed E-state index contributed by atoms with van der Waals surface area (Å²) in [4.78, 5) is 20.9. The molecule has 1 aromatic carbocycles. The molecule has 4 aromatic rings. The number of pyridine rings is 1. The summed E-state index contributed by atoms with van der Waals surface area (Å²) in [6.07, 6.45) is 2.09. The number of aromatic nitrogens is 3. The standard InChI is InChI=1S/C20H18N4O3/c1-12-6-7-14-13(2)18(26-16(14)11-12)20(25)22-10-8-17-23-19(24-27-17)15-5-3-4-9-21-15/h3-7,9,11H,8,10H2,1-2H3,(H,22,25). The molecule has 0 spiro atoms. The third-order valence-electron chi connectivity index (χ3n) is 4.29. The van der Waals surface area contributed by atoms with Gasteiger partial charge < -0.3 is 14.3 Å². The molecule has 0 saturated heterocycles. The van der Waals surface area contributed by atoms with E-state index in [9.17, 15) is 4.79 Å². The fraction of sp³-hybridized carbons (Fsp3) is 0.200. The molecule has 1 amide bonds. The van der Waals surface area contributed by atoms with Crippen molar-refractivity contribution in [3.63, 3.8) is 0 Å². The highest BCUT2D eigenvalue weighted by atomic mass is 16.5. The molecular formula is C20H18N4O3. The Bertz CT molecular complexity index is 1100. The minimum absolute atomic E-state index is 0.259. The largest absolute Gasteiger partial charge is 0.451 e. The summed E-state index contributed by atoms with van der Waals surface area (Å²) in [5.74, 6) is 0.939. The van der Waals surface area contributed by atoms with Gasteiger partial charge in [-0.25, -0.2) is 0 Å². The SMILES string of the molecule is Cc1ccc2c(C)c(C(=O)NCCc3nc(-c4ccccn4)no3)oc2c1. The zero-order chi connectivity index (χ0) is 18.8. The molecule has 27 heavy (non-hydrogen) atoms. The Labute approximate surface area is 155 Å². The van der Waals surface area contributed by atoms with Gasteiger partial charge in [-0.1, -0.05) is 23.4 Å². The number of fused-ring (bicyclic) bond motifs is 1. The summed E-state index contributed by atoms with van der Waals surface area (Å²) in [7, 11) is 0. The van der Waals surface area contributed by atoms with E-state index in [1.807, 2.05) is 50.2 Å². The van der Waals surface area contributed by atoms with Crippen LogP contribution in [0.1, 0.15) is 27.6 Å². The second-order valence-electron chi connectivity index (χ2n) is 6.29. The molecular weight excluding hydrogens is 344 g/mol. The second-order valence-corrected chi connectivity index (χ2v) is 6.29. The Morgan fingerprint density at radius 3 is 2.89 bits per heavy atom. The molecule has 0 unspecified atom stereocenters. The van der Waals surface area contributed by atoms with Crippen LogP contribution in [0.4, 0.5) is 0 Å². The second kappa shape index (κ2) is 7.03. The van der Waals surface area contributed by atoms with Crippen LogP contribution in [0.25, 0.3) is 22.5 Å². The van der Waals surface area contributed by atoms with Gasteiger partial charge in [-0.05, 0) is 37.6 Å². The van der Waals surface area contributed by atoms with Gasteiger partial charge in [-0.2, -0.15) is 4.98 Å². The van der Waals surface area contributed by atoms with Gasteiger partial charge in [-0.15, -0.1) is 0 Å². The number of carbonyl (C=O) groups excluding carboxylic acids is 1. The van der Waals surface area contributed by atoms with Crippen molar-refractivity contribution in [2.75, 3.05) is 6.54 Å². The van der Waals surface area contributed by atoms with E-state index in [4.69, 9.17) is 8.94 Å². The van der Waals surface area contributed by atoms with Crippen LogP contribution in [0.2, 0.25) is 0 Å². The van der Waals surface area contributed by atoms with Gasteiger partial charge in [-0.3, -0.25) is 9.78 Å². The van der Waals surface area contributed by atoms with Crippen molar-refractivity contribution in [1.29, 1.82) is 0 Å². The number of furan rings is 1. The van der Waals surface area contributed by atoms with Gasteiger partial charge in [0.15, 0.2) is 5.76 Å². The minimum atomic E-state index is -0.259. The fourth-order valence-electron chi connectivity index (χ4n) is 2.87. The number of rotatable bonds is 5. The third kappa shape index (κ3) is 3.44. The molecule has 1 N–H and O–H groups in total. The van der Waals surface area contributed by atoms with Crippen LogP contribution >= 0.6 is 0 Å². The predicted molar refractivity (Wildman–Crippen MR) is 99.3 cm³/mol. The number of benzene rings is 1. The van der Waals surface area contributed by atoms with E-state index >= 15 is 0 Å². The molecule has 136 valence electrons. The van der Waals surface area contributed by atoms with Gasteiger partial charge in [0.2, 0.25) is 11.7 Å². The van der Waals surface area contributed by atoms with Crippen LogP contribution in [-0.4, -0.2) is 27.6 Å². The maximum Gasteiger partial charge on any atom is 0.287 e. The molecule has 4 rings (SSSR count). The van der Waals surface area contributed by atoms with Gasteiger partial charge in [0, 0.05) is 30.1 Å². The topological polar surface area (TPSA) is 94.1 Å². The van der Waals surface area contributed by atoms with Crippen molar-refractivity contribution in [1.82, 2.24) is 20.4 Å². The highest BCUT2D eigenvalue weighted by Crippen LogP contribution is 2.26. The van der Waals surface area contributed by atoms with Crippen LogP contribution in [0.5, 0.6) is 0 Å². The monoisotopic (exact) mass is 362 g/mol. The maximum atomic E-state index is 12.5. The van der Waals surface area contributed by atoms with Crippen LogP contribution in [-0.2, 0) is 6.42 Å². The molecule has 0 aliphatic rings. The van der Waals surface area contributed by atoms with Crippen molar-refractivity contribution in [2.24, 2.45) is 0 Å². The zero-order valence-electron chi connectivity index (χ0n) is 15.0. The smallest absolute Gasteiger partial charge is 0.287 e. The zero-order valence-corrected chi connectivity index (χ0v) is 15.0. The summed E-state index contributed by atoms with van der Waals surface area (Å²) < 4.78 is 11.0. The molecule has 3 aromatic heterocycles. The van der Waals surface area contributed by atoms with Crippen LogP contribution in [0.3, 0.4) is 0 Å². The number of amides is 1. The molecule has 0 aliphatic heterocycles. The highest BCUT2D eigenvalue weighted by molar-refractivity contribution is 5.99. The quantitative estimate of drug-likeness (QED) is 0.584. The molecule has 0 saturated carbocycles. The summed E-state index contributed by atoms with van der Waals surface area (Å²) in [6.45, 7) is 4.23. The lowest BCUT2D eigenvalue weighted by molar-refractivity contribution is 0.0927. The molecule has 7 heteroatoms. The summed E-state index contributed by atoms with van der Waals surface area (Å²) in [5, 5.41) is 7.70. The normalized spacial score (nSPS) is 11.0. The number of nitrogens with one attached hydrogen (secondary N) is 1. The van der Waals surface area contributed by atoms with Gasteiger partial charge in [0.25, 0.3) is 5.91 Å². The first-order valence-corrected chi connectivity index (χ1v) is 8.64. The third-order valence-corrected chi connectivity index (χ3v) is 4.29. The Kier molecular flexibility index (Phi) is 4.42. The number of hydrogen-bond donors (Lipinski definition) is 1. The highest BCUT2D eigenvalue weighted by Gasteiger charge is 2.18. The molecule has 7 nitrogen and oxygen atoms in total. The average molecular weight is 362 g/mol. The van der Waals surface area contributed by atoms with Crippen molar-refractivity contribution < 1.29 is 13.7 Å². The minimum Gasteiger partial charge on any atom is -0.451 e. The molecule has 3 heterocycles. The number of aryl methyl sites for hydroxylation is 2. The number of hydrogen-bond acceptors (Lipinski definition) is 6. The van der Waals surface area contributed by atoms with E-state index in [0.717, 1.165) is 22.1 Å². The van der Waals surface area contributed by atoms with E-state index in [1.54, 1.807) is 6.20 Å². The average Bonchev–Trinajstić information content (AvgIpc) is 3.27. The lowest BCUT2D eigenvalue weighted by Gasteiger charge is -2.01. The molecule has 0 aliphatic carbocycles. The fourth-order valence-corrected chi connectivity index (χ4v) is 2.87. The van der Waals surface area contributed by atoms with Crippen molar-refractivity contribution in [2.45, 2.75) is 20.3 Å². The Morgan fingerprint density at radius 1 is 1.19 bits per heavy atom. The van der Waals surface area contributed by atoms with E-state index in [2.05, 4.69) is 20.4 Å². The molecule has 0 fully saturated rings. The first-order valence-electron chi connectivity index (χ1n) is 8.64. The predicted octanol–water partition coefficient (Wildman–Crippen LogP) is 3.47. The Hall–Kier alpha value is -3.48. The van der Waals surface area contributed by atoms with Crippen LogP contribution < -0.4 is 5.32 Å². The van der Waals surface area contributed by atoms with Crippen molar-refractivity contribution >= 4 is 16.9 Å². The first-order chi connectivity index (χ1) is 13.1. The van der Waals surface area contributed by atoms with E-state index in [1.165, 1.54) is 0 Å². The van der Waals surface area contributed by atoms with Gasteiger partial charge >= 0.3 is 0 Å². The first kappa shape index (κ1) is 17.0. The van der Waals surface area contributed by atoms with Crippen LogP contribution in [0, 0.1) is 13.8 Å². The lowest BCUT2D eigenvalue weighted by Crippen LogP contribution is -2.25. The van der Waals surface area contributed by atoms with E-state index in [-0.39, 0.29) is 5.91 Å². The number of carbonyl (C=O) groups is 1. The van der Waals surface area contributed by atoms with E-state index in [0.29, 0.717) is 36.1 Å². The molecule has 0 radical (unpaired) electrons. The van der Waals surface area contributed by atoms with Crippen LogP contribution in [0.15, 0.2) is 51.5 Å². The number of nitrogens with zero attached hydrogens (tertiary/aromatic N) is 3. The summed E-state index contributed by atoms with van der Waals surface area (Å²) in [5.41, 5.74) is 3.28. The molecule has 0 atom stereocenters. The lowest BCUT2D eigenvalue weighted by atomic mass is 10.1. The Morgan fingerprint density at radius 2 is 2.07 bits per heavy atom. The Balaban J connectivity index is 1.40. The van der Waals surface area contributed by atoms with E-state index < -0.39 is 0 Å². The van der Waals surface area contributed by atoms with Crippen molar-refractivity contribution in [3.8, 4) is 11.5 Å². The van der Waals surface area contributed by atoms with Gasteiger partial charge in [0.1, 0.15) is 11.3 Å². The molecule has 0 bridgehead atoms. The summed E-state index contributed by atoms with van der Waals surface area (Å²) in [6, 6.07) is 11.4. The van der Waals surface area contributed by atoms with Gasteiger partial charge in [0.05, 0.1) is 0 Å².